The number of likely N-dealkylation sites (tertiary alicyclic amines) is 1. The number of hydrogen-bond donors (Lipinski definition) is 0. The van der Waals surface area contributed by atoms with E-state index in [2.05, 4.69) is 29.8 Å². The van der Waals surface area contributed by atoms with Crippen molar-refractivity contribution in [1.29, 1.82) is 0 Å². The molecule has 0 spiro atoms. The van der Waals surface area contributed by atoms with Crippen molar-refractivity contribution in [3.8, 4) is 0 Å². The van der Waals surface area contributed by atoms with Gasteiger partial charge in [-0.2, -0.15) is 0 Å². The molecule has 1 aliphatic rings. The first-order chi connectivity index (χ1) is 8.46. The largest absolute Gasteiger partial charge is 0.342 e. The predicted octanol–water partition coefficient (Wildman–Crippen LogP) is 3.64. The summed E-state index contributed by atoms with van der Waals surface area (Å²) in [5.41, 5.74) is 1.49. The van der Waals surface area contributed by atoms with Crippen LogP contribution in [0.1, 0.15) is 32.3 Å². The number of halogens is 1. The van der Waals surface area contributed by atoms with E-state index in [1.54, 1.807) is 0 Å². The third-order valence-corrected chi connectivity index (χ3v) is 4.27. The molecule has 1 saturated heterocycles. The molecule has 1 amide bonds. The lowest BCUT2D eigenvalue weighted by Gasteiger charge is -2.37. The maximum Gasteiger partial charge on any atom is 0.226 e. The van der Waals surface area contributed by atoms with E-state index in [1.807, 2.05) is 29.2 Å². The molecular weight excluding hydrogens is 290 g/mol. The Morgan fingerprint density at radius 2 is 1.78 bits per heavy atom. The Balaban J connectivity index is 1.91. The highest BCUT2D eigenvalue weighted by molar-refractivity contribution is 9.10. The van der Waals surface area contributed by atoms with Crippen molar-refractivity contribution >= 4 is 21.8 Å². The Morgan fingerprint density at radius 1 is 1.22 bits per heavy atom. The van der Waals surface area contributed by atoms with Gasteiger partial charge in [-0.05, 0) is 36.0 Å². The molecule has 0 atom stereocenters. The van der Waals surface area contributed by atoms with E-state index >= 15 is 0 Å². The van der Waals surface area contributed by atoms with Gasteiger partial charge in [-0.25, -0.2) is 0 Å². The van der Waals surface area contributed by atoms with Gasteiger partial charge in [0.15, 0.2) is 0 Å². The molecule has 1 aliphatic heterocycles. The van der Waals surface area contributed by atoms with Crippen LogP contribution in [0.5, 0.6) is 0 Å². The minimum absolute atomic E-state index is 0.257. The summed E-state index contributed by atoms with van der Waals surface area (Å²) in [5, 5.41) is 0. The second-order valence-electron chi connectivity index (χ2n) is 5.85. The van der Waals surface area contributed by atoms with Crippen LogP contribution in [0.3, 0.4) is 0 Å². The summed E-state index contributed by atoms with van der Waals surface area (Å²) >= 11 is 3.41. The first-order valence-electron chi connectivity index (χ1n) is 6.48. The van der Waals surface area contributed by atoms with Gasteiger partial charge >= 0.3 is 0 Å². The molecule has 0 bridgehead atoms. The van der Waals surface area contributed by atoms with E-state index in [9.17, 15) is 4.79 Å². The fourth-order valence-electron chi connectivity index (χ4n) is 2.25. The lowest BCUT2D eigenvalue weighted by Crippen LogP contribution is -2.41. The molecule has 2 rings (SSSR count). The van der Waals surface area contributed by atoms with Gasteiger partial charge in [-0.1, -0.05) is 41.9 Å². The fourth-order valence-corrected chi connectivity index (χ4v) is 2.51. The second kappa shape index (κ2) is 5.43. The van der Waals surface area contributed by atoms with Gasteiger partial charge in [-0.3, -0.25) is 4.79 Å². The number of rotatable bonds is 2. The summed E-state index contributed by atoms with van der Waals surface area (Å²) in [6.07, 6.45) is 2.74. The van der Waals surface area contributed by atoms with Crippen molar-refractivity contribution in [1.82, 2.24) is 4.90 Å². The van der Waals surface area contributed by atoms with Crippen LogP contribution in [0, 0.1) is 5.41 Å². The van der Waals surface area contributed by atoms with E-state index < -0.39 is 0 Å². The molecule has 18 heavy (non-hydrogen) atoms. The van der Waals surface area contributed by atoms with Gasteiger partial charge in [0, 0.05) is 17.6 Å². The molecule has 1 heterocycles. The maximum absolute atomic E-state index is 12.2. The van der Waals surface area contributed by atoms with E-state index in [0.29, 0.717) is 11.8 Å². The molecule has 0 saturated carbocycles. The average Bonchev–Trinajstić information content (AvgIpc) is 2.32. The zero-order valence-corrected chi connectivity index (χ0v) is 12.7. The molecule has 3 heteroatoms. The highest BCUT2D eigenvalue weighted by atomic mass is 79.9. The van der Waals surface area contributed by atoms with Gasteiger partial charge in [0.1, 0.15) is 0 Å². The van der Waals surface area contributed by atoms with Crippen LogP contribution in [0.2, 0.25) is 0 Å². The van der Waals surface area contributed by atoms with Crippen LogP contribution in [0.4, 0.5) is 0 Å². The Bertz CT molecular complexity index is 415. The number of hydrogen-bond acceptors (Lipinski definition) is 1. The minimum atomic E-state index is 0.257. The van der Waals surface area contributed by atoms with Crippen molar-refractivity contribution in [2.45, 2.75) is 33.1 Å². The zero-order chi connectivity index (χ0) is 13.2. The van der Waals surface area contributed by atoms with Crippen molar-refractivity contribution in [2.24, 2.45) is 5.41 Å². The van der Waals surface area contributed by atoms with Crippen LogP contribution in [-0.2, 0) is 11.2 Å². The summed E-state index contributed by atoms with van der Waals surface area (Å²) in [4.78, 5) is 14.2. The van der Waals surface area contributed by atoms with E-state index in [-0.39, 0.29) is 5.91 Å². The summed E-state index contributed by atoms with van der Waals surface area (Å²) in [6.45, 7) is 6.37. The maximum atomic E-state index is 12.2. The third kappa shape index (κ3) is 3.58. The number of nitrogens with zero attached hydrogens (tertiary/aromatic N) is 1. The van der Waals surface area contributed by atoms with Crippen molar-refractivity contribution < 1.29 is 4.79 Å². The van der Waals surface area contributed by atoms with E-state index in [0.717, 1.165) is 36.0 Å². The van der Waals surface area contributed by atoms with Crippen LogP contribution in [0.25, 0.3) is 0 Å². The van der Waals surface area contributed by atoms with E-state index in [1.165, 1.54) is 0 Å². The van der Waals surface area contributed by atoms with Crippen molar-refractivity contribution in [3.05, 3.63) is 34.3 Å². The van der Waals surface area contributed by atoms with Gasteiger partial charge in [-0.15, -0.1) is 0 Å². The molecule has 0 aliphatic carbocycles. The summed E-state index contributed by atoms with van der Waals surface area (Å²) < 4.78 is 1.05. The summed E-state index contributed by atoms with van der Waals surface area (Å²) in [6, 6.07) is 8.00. The minimum Gasteiger partial charge on any atom is -0.342 e. The Morgan fingerprint density at radius 3 is 2.33 bits per heavy atom. The molecular formula is C15H20BrNO. The van der Waals surface area contributed by atoms with Gasteiger partial charge in [0.25, 0.3) is 0 Å². The summed E-state index contributed by atoms with van der Waals surface area (Å²) in [7, 11) is 0. The van der Waals surface area contributed by atoms with Crippen LogP contribution >= 0.6 is 15.9 Å². The Labute approximate surface area is 117 Å². The van der Waals surface area contributed by atoms with Crippen LogP contribution in [-0.4, -0.2) is 23.9 Å². The lowest BCUT2D eigenvalue weighted by molar-refractivity contribution is -0.132. The predicted molar refractivity (Wildman–Crippen MR) is 77.4 cm³/mol. The average molecular weight is 310 g/mol. The smallest absolute Gasteiger partial charge is 0.226 e. The first kappa shape index (κ1) is 13.6. The number of piperidine rings is 1. The lowest BCUT2D eigenvalue weighted by atomic mass is 9.82. The molecule has 2 nitrogen and oxygen atoms in total. The fraction of sp³-hybridized carbons (Fsp3) is 0.533. The van der Waals surface area contributed by atoms with Gasteiger partial charge in [0.2, 0.25) is 5.91 Å². The molecule has 0 aromatic heterocycles. The normalized spacial score (nSPS) is 18.7. The Hall–Kier alpha value is -0.830. The third-order valence-electron chi connectivity index (χ3n) is 3.74. The number of amides is 1. The highest BCUT2D eigenvalue weighted by Crippen LogP contribution is 2.29. The first-order valence-corrected chi connectivity index (χ1v) is 7.28. The van der Waals surface area contributed by atoms with Crippen LogP contribution in [0.15, 0.2) is 28.7 Å². The van der Waals surface area contributed by atoms with E-state index in [4.69, 9.17) is 0 Å². The molecule has 0 unspecified atom stereocenters. The molecule has 1 fully saturated rings. The standard InChI is InChI=1S/C15H20BrNO/c1-15(2)7-9-17(10-8-15)14(18)11-12-3-5-13(16)6-4-12/h3-6H,7-11H2,1-2H3. The number of benzene rings is 1. The quantitative estimate of drug-likeness (QED) is 0.816. The Kier molecular flexibility index (Phi) is 4.10. The number of carbonyl (C=O) groups is 1. The van der Waals surface area contributed by atoms with Crippen molar-refractivity contribution in [2.75, 3.05) is 13.1 Å². The van der Waals surface area contributed by atoms with Gasteiger partial charge < -0.3 is 4.90 Å². The van der Waals surface area contributed by atoms with Crippen LogP contribution < -0.4 is 0 Å². The number of carbonyl (C=O) groups excluding carboxylic acids is 1. The topological polar surface area (TPSA) is 20.3 Å². The second-order valence-corrected chi connectivity index (χ2v) is 6.76. The molecule has 1 aromatic rings. The SMILES string of the molecule is CC1(C)CCN(C(=O)Cc2ccc(Br)cc2)CC1. The molecule has 0 radical (unpaired) electrons. The monoisotopic (exact) mass is 309 g/mol. The molecule has 1 aromatic carbocycles. The highest BCUT2D eigenvalue weighted by Gasteiger charge is 2.27. The summed E-state index contributed by atoms with van der Waals surface area (Å²) in [5.74, 6) is 0.257. The molecule has 98 valence electrons. The van der Waals surface area contributed by atoms with Crippen molar-refractivity contribution in [3.63, 3.8) is 0 Å². The zero-order valence-electron chi connectivity index (χ0n) is 11.1. The van der Waals surface area contributed by atoms with Gasteiger partial charge in [0.05, 0.1) is 6.42 Å². The molecule has 0 N–H and O–H groups in total.